The van der Waals surface area contributed by atoms with Gasteiger partial charge in [0.15, 0.2) is 0 Å². The van der Waals surface area contributed by atoms with E-state index in [2.05, 4.69) is 5.32 Å². The van der Waals surface area contributed by atoms with Crippen molar-refractivity contribution in [2.24, 2.45) is 0 Å². The van der Waals surface area contributed by atoms with Crippen molar-refractivity contribution in [3.63, 3.8) is 0 Å². The number of nitrogens with zero attached hydrogens (tertiary/aromatic N) is 1. The highest BCUT2D eigenvalue weighted by Crippen LogP contribution is 2.22. The van der Waals surface area contributed by atoms with Crippen molar-refractivity contribution in [1.29, 1.82) is 0 Å². The van der Waals surface area contributed by atoms with Crippen LogP contribution in [0.25, 0.3) is 0 Å². The van der Waals surface area contributed by atoms with Crippen LogP contribution in [0.1, 0.15) is 44.7 Å². The van der Waals surface area contributed by atoms with E-state index in [1.807, 2.05) is 24.3 Å². The van der Waals surface area contributed by atoms with Gasteiger partial charge in [0.2, 0.25) is 5.91 Å². The molecule has 0 unspecified atom stereocenters. The number of methoxy groups -OCH3 is 1. The topological polar surface area (TPSA) is 75.7 Å². The first-order valence-electron chi connectivity index (χ1n) is 8.89. The summed E-state index contributed by atoms with van der Waals surface area (Å²) in [5.74, 6) is -0.687. The van der Waals surface area contributed by atoms with Crippen LogP contribution in [0.5, 0.6) is 0 Å². The van der Waals surface area contributed by atoms with Crippen LogP contribution in [-0.2, 0) is 22.7 Å². The SMILES string of the molecule is COCc1ccccc1CNC(=O)CCCN1C(=O)c2ccccc2C1=O. The lowest BCUT2D eigenvalue weighted by Crippen LogP contribution is -2.32. The highest BCUT2D eigenvalue weighted by Gasteiger charge is 2.34. The van der Waals surface area contributed by atoms with Crippen molar-refractivity contribution >= 4 is 17.7 Å². The Labute approximate surface area is 158 Å². The highest BCUT2D eigenvalue weighted by atomic mass is 16.5. The second kappa shape index (κ2) is 8.60. The molecule has 1 aliphatic rings. The highest BCUT2D eigenvalue weighted by molar-refractivity contribution is 6.21. The molecule has 6 nitrogen and oxygen atoms in total. The number of hydrogen-bond donors (Lipinski definition) is 1. The van der Waals surface area contributed by atoms with Gasteiger partial charge >= 0.3 is 0 Å². The maximum atomic E-state index is 12.3. The van der Waals surface area contributed by atoms with Gasteiger partial charge in [-0.05, 0) is 29.7 Å². The molecule has 0 spiro atoms. The molecule has 0 atom stereocenters. The van der Waals surface area contributed by atoms with Crippen LogP contribution in [0.2, 0.25) is 0 Å². The van der Waals surface area contributed by atoms with Crippen molar-refractivity contribution in [1.82, 2.24) is 10.2 Å². The van der Waals surface area contributed by atoms with Gasteiger partial charge in [0.1, 0.15) is 0 Å². The summed E-state index contributed by atoms with van der Waals surface area (Å²) in [4.78, 5) is 37.9. The first-order chi connectivity index (χ1) is 13.1. The largest absolute Gasteiger partial charge is 0.380 e. The second-order valence-electron chi connectivity index (χ2n) is 6.39. The van der Waals surface area contributed by atoms with Crippen molar-refractivity contribution in [3.05, 3.63) is 70.8 Å². The van der Waals surface area contributed by atoms with Crippen LogP contribution in [0.15, 0.2) is 48.5 Å². The van der Waals surface area contributed by atoms with Gasteiger partial charge in [-0.3, -0.25) is 19.3 Å². The zero-order valence-electron chi connectivity index (χ0n) is 15.2. The minimum Gasteiger partial charge on any atom is -0.380 e. The molecule has 1 aliphatic heterocycles. The molecular formula is C21H22N2O4. The van der Waals surface area contributed by atoms with Gasteiger partial charge in [-0.1, -0.05) is 36.4 Å². The molecule has 3 amide bonds. The summed E-state index contributed by atoms with van der Waals surface area (Å²) in [6.45, 7) is 1.15. The lowest BCUT2D eigenvalue weighted by atomic mass is 10.1. The number of ether oxygens (including phenoxy) is 1. The predicted molar refractivity (Wildman–Crippen MR) is 100 cm³/mol. The van der Waals surface area contributed by atoms with Crippen LogP contribution in [-0.4, -0.2) is 36.3 Å². The number of hydrogen-bond acceptors (Lipinski definition) is 4. The summed E-state index contributed by atoms with van der Waals surface area (Å²) in [7, 11) is 1.63. The van der Waals surface area contributed by atoms with E-state index in [4.69, 9.17) is 4.74 Å². The minimum absolute atomic E-state index is 0.112. The van der Waals surface area contributed by atoms with Crippen LogP contribution < -0.4 is 5.32 Å². The molecule has 2 aromatic carbocycles. The molecule has 0 saturated carbocycles. The molecule has 0 aliphatic carbocycles. The van der Waals surface area contributed by atoms with E-state index in [9.17, 15) is 14.4 Å². The molecule has 0 aromatic heterocycles. The standard InChI is InChI=1S/C21H22N2O4/c1-27-14-16-8-3-2-7-15(16)13-22-19(24)11-6-12-23-20(25)17-9-4-5-10-18(17)21(23)26/h2-5,7-10H,6,11-14H2,1H3,(H,22,24). The lowest BCUT2D eigenvalue weighted by Gasteiger charge is -2.14. The van der Waals surface area contributed by atoms with Gasteiger partial charge in [0, 0.05) is 26.6 Å². The van der Waals surface area contributed by atoms with E-state index in [0.29, 0.717) is 30.7 Å². The van der Waals surface area contributed by atoms with Gasteiger partial charge < -0.3 is 10.1 Å². The van der Waals surface area contributed by atoms with Gasteiger partial charge in [-0.15, -0.1) is 0 Å². The minimum atomic E-state index is -0.287. The summed E-state index contributed by atoms with van der Waals surface area (Å²) in [5, 5.41) is 2.88. The molecule has 3 rings (SSSR count). The van der Waals surface area contributed by atoms with E-state index in [-0.39, 0.29) is 30.7 Å². The zero-order valence-corrected chi connectivity index (χ0v) is 15.2. The van der Waals surface area contributed by atoms with E-state index in [1.54, 1.807) is 31.4 Å². The molecule has 0 bridgehead atoms. The van der Waals surface area contributed by atoms with E-state index in [0.717, 1.165) is 11.1 Å². The van der Waals surface area contributed by atoms with Gasteiger partial charge in [-0.2, -0.15) is 0 Å². The third-order valence-electron chi connectivity index (χ3n) is 4.56. The number of benzene rings is 2. The van der Waals surface area contributed by atoms with Crippen LogP contribution in [0.3, 0.4) is 0 Å². The maximum absolute atomic E-state index is 12.3. The third kappa shape index (κ3) is 4.23. The third-order valence-corrected chi connectivity index (χ3v) is 4.56. The Hall–Kier alpha value is -2.99. The quantitative estimate of drug-likeness (QED) is 0.729. The van der Waals surface area contributed by atoms with E-state index in [1.165, 1.54) is 4.90 Å². The number of carbonyl (C=O) groups is 3. The summed E-state index contributed by atoms with van der Waals surface area (Å²) in [5.41, 5.74) is 2.91. The number of carbonyl (C=O) groups excluding carboxylic acids is 3. The molecule has 2 aromatic rings. The van der Waals surface area contributed by atoms with E-state index >= 15 is 0 Å². The number of nitrogens with one attached hydrogen (secondary N) is 1. The normalized spacial score (nSPS) is 13.0. The first-order valence-corrected chi connectivity index (χ1v) is 8.89. The molecule has 1 heterocycles. The monoisotopic (exact) mass is 366 g/mol. The fraction of sp³-hybridized carbons (Fsp3) is 0.286. The molecule has 0 fully saturated rings. The smallest absolute Gasteiger partial charge is 0.261 e. The molecule has 1 N–H and O–H groups in total. The molecule has 0 radical (unpaired) electrons. The van der Waals surface area contributed by atoms with Gasteiger partial charge in [0.25, 0.3) is 11.8 Å². The fourth-order valence-corrected chi connectivity index (χ4v) is 3.15. The van der Waals surface area contributed by atoms with Gasteiger partial charge in [0.05, 0.1) is 17.7 Å². The number of amides is 3. The van der Waals surface area contributed by atoms with E-state index < -0.39 is 0 Å². The number of rotatable bonds is 8. The molecule has 27 heavy (non-hydrogen) atoms. The van der Waals surface area contributed by atoms with Crippen LogP contribution in [0.4, 0.5) is 0 Å². The Morgan fingerprint density at radius 1 is 0.963 bits per heavy atom. The average molecular weight is 366 g/mol. The van der Waals surface area contributed by atoms with Crippen molar-refractivity contribution in [2.45, 2.75) is 26.0 Å². The molecule has 0 saturated heterocycles. The van der Waals surface area contributed by atoms with Crippen LogP contribution >= 0.6 is 0 Å². The molecular weight excluding hydrogens is 344 g/mol. The molecule has 140 valence electrons. The predicted octanol–water partition coefficient (Wildman–Crippen LogP) is 2.53. The summed E-state index contributed by atoms with van der Waals surface area (Å²) >= 11 is 0. The van der Waals surface area contributed by atoms with Crippen molar-refractivity contribution in [2.75, 3.05) is 13.7 Å². The Morgan fingerprint density at radius 2 is 1.56 bits per heavy atom. The zero-order chi connectivity index (χ0) is 19.2. The van der Waals surface area contributed by atoms with Gasteiger partial charge in [-0.25, -0.2) is 0 Å². The molecule has 6 heteroatoms. The summed E-state index contributed by atoms with van der Waals surface area (Å²) < 4.78 is 5.16. The second-order valence-corrected chi connectivity index (χ2v) is 6.39. The summed E-state index contributed by atoms with van der Waals surface area (Å²) in [6, 6.07) is 14.6. The lowest BCUT2D eigenvalue weighted by molar-refractivity contribution is -0.121. The average Bonchev–Trinajstić information content (AvgIpc) is 2.93. The Morgan fingerprint density at radius 3 is 2.19 bits per heavy atom. The number of imide groups is 1. The Balaban J connectivity index is 1.47. The maximum Gasteiger partial charge on any atom is 0.261 e. The summed E-state index contributed by atoms with van der Waals surface area (Å²) in [6.07, 6.45) is 0.677. The number of fused-ring (bicyclic) bond motifs is 1. The first kappa shape index (κ1) is 18.8. The Bertz CT molecular complexity index is 828. The van der Waals surface area contributed by atoms with Crippen LogP contribution in [0, 0.1) is 0 Å². The fourth-order valence-electron chi connectivity index (χ4n) is 3.15. The van der Waals surface area contributed by atoms with Crippen molar-refractivity contribution in [3.8, 4) is 0 Å². The Kier molecular flexibility index (Phi) is 5.98. The van der Waals surface area contributed by atoms with Crippen molar-refractivity contribution < 1.29 is 19.1 Å².